The molecule has 24 heavy (non-hydrogen) atoms. The summed E-state index contributed by atoms with van der Waals surface area (Å²) >= 11 is 6.23. The van der Waals surface area contributed by atoms with Gasteiger partial charge in [-0.05, 0) is 25.1 Å². The topological polar surface area (TPSA) is 92.2 Å². The second kappa shape index (κ2) is 7.78. The van der Waals surface area contributed by atoms with E-state index >= 15 is 0 Å². The number of aromatic nitrogens is 3. The monoisotopic (exact) mass is 350 g/mol. The van der Waals surface area contributed by atoms with Crippen LogP contribution in [0.15, 0.2) is 30.9 Å². The van der Waals surface area contributed by atoms with Gasteiger partial charge in [-0.25, -0.2) is 14.5 Å². The molecule has 2 aromatic rings. The van der Waals surface area contributed by atoms with Crippen LogP contribution in [0.5, 0.6) is 0 Å². The van der Waals surface area contributed by atoms with Crippen LogP contribution in [0, 0.1) is 0 Å². The van der Waals surface area contributed by atoms with Gasteiger partial charge in [0, 0.05) is 32.2 Å². The number of urea groups is 1. The van der Waals surface area contributed by atoms with E-state index in [0.717, 1.165) is 0 Å². The smallest absolute Gasteiger partial charge is 0.321 e. The summed E-state index contributed by atoms with van der Waals surface area (Å²) in [7, 11) is 3.20. The Morgan fingerprint density at radius 2 is 2.17 bits per heavy atom. The largest absolute Gasteiger partial charge is 0.359 e. The van der Waals surface area contributed by atoms with E-state index in [-0.39, 0.29) is 24.4 Å². The number of hydrogen-bond acceptors (Lipinski definition) is 4. The van der Waals surface area contributed by atoms with Crippen molar-refractivity contribution in [2.75, 3.05) is 19.4 Å². The SMILES string of the molecule is CNC(=O)CC(C)N(C)C(=O)Nc1ccc(-n2cncn2)c(Cl)c1. The number of rotatable bonds is 5. The zero-order valence-corrected chi connectivity index (χ0v) is 14.4. The third-order valence-corrected chi connectivity index (χ3v) is 3.91. The first kappa shape index (κ1) is 17.7. The number of nitrogens with one attached hydrogen (secondary N) is 2. The molecule has 0 bridgehead atoms. The van der Waals surface area contributed by atoms with Gasteiger partial charge in [-0.3, -0.25) is 4.79 Å². The lowest BCUT2D eigenvalue weighted by Crippen LogP contribution is -2.40. The Morgan fingerprint density at radius 1 is 1.42 bits per heavy atom. The number of anilines is 1. The molecular weight excluding hydrogens is 332 g/mol. The van der Waals surface area contributed by atoms with Crippen molar-refractivity contribution in [3.8, 4) is 5.69 Å². The molecule has 0 aliphatic rings. The maximum Gasteiger partial charge on any atom is 0.321 e. The van der Waals surface area contributed by atoms with Gasteiger partial charge in [-0.1, -0.05) is 11.6 Å². The molecule has 2 rings (SSSR count). The molecule has 1 aromatic heterocycles. The summed E-state index contributed by atoms with van der Waals surface area (Å²) in [6.07, 6.45) is 3.18. The Bertz CT molecular complexity index is 719. The van der Waals surface area contributed by atoms with Crippen LogP contribution in [0.1, 0.15) is 13.3 Å². The number of amides is 3. The molecule has 0 aliphatic heterocycles. The maximum absolute atomic E-state index is 12.3. The Hall–Kier alpha value is -2.61. The summed E-state index contributed by atoms with van der Waals surface area (Å²) in [5.41, 5.74) is 1.21. The number of nitrogens with zero attached hydrogens (tertiary/aromatic N) is 4. The van der Waals surface area contributed by atoms with Gasteiger partial charge in [-0.2, -0.15) is 5.10 Å². The van der Waals surface area contributed by atoms with Crippen LogP contribution in [0.25, 0.3) is 5.69 Å². The molecule has 1 heterocycles. The molecule has 3 amide bonds. The third kappa shape index (κ3) is 4.23. The lowest BCUT2D eigenvalue weighted by molar-refractivity contribution is -0.121. The quantitative estimate of drug-likeness (QED) is 0.861. The summed E-state index contributed by atoms with van der Waals surface area (Å²) in [5, 5.41) is 9.73. The summed E-state index contributed by atoms with van der Waals surface area (Å²) in [6.45, 7) is 1.80. The molecular formula is C15H19ClN6O2. The first-order chi connectivity index (χ1) is 11.4. The van der Waals surface area contributed by atoms with Crippen molar-refractivity contribution in [2.45, 2.75) is 19.4 Å². The molecule has 0 saturated heterocycles. The molecule has 0 fully saturated rings. The molecule has 8 nitrogen and oxygen atoms in total. The zero-order valence-electron chi connectivity index (χ0n) is 13.7. The molecule has 128 valence electrons. The van der Waals surface area contributed by atoms with Crippen LogP contribution in [-0.4, -0.2) is 51.7 Å². The van der Waals surface area contributed by atoms with E-state index in [2.05, 4.69) is 20.7 Å². The van der Waals surface area contributed by atoms with E-state index < -0.39 is 0 Å². The van der Waals surface area contributed by atoms with Gasteiger partial charge in [0.15, 0.2) is 0 Å². The van der Waals surface area contributed by atoms with Gasteiger partial charge in [0.2, 0.25) is 5.91 Å². The Kier molecular flexibility index (Phi) is 5.75. The standard InChI is InChI=1S/C15H19ClN6O2/c1-10(6-14(23)17-2)21(3)15(24)20-11-4-5-13(12(16)7-11)22-9-18-8-19-22/h4-5,7-10H,6H2,1-3H3,(H,17,23)(H,20,24). The average Bonchev–Trinajstić information content (AvgIpc) is 3.08. The highest BCUT2D eigenvalue weighted by molar-refractivity contribution is 6.32. The van der Waals surface area contributed by atoms with Crippen LogP contribution in [0.3, 0.4) is 0 Å². The lowest BCUT2D eigenvalue weighted by atomic mass is 10.2. The first-order valence-corrected chi connectivity index (χ1v) is 7.69. The highest BCUT2D eigenvalue weighted by atomic mass is 35.5. The van der Waals surface area contributed by atoms with Gasteiger partial charge >= 0.3 is 6.03 Å². The molecule has 1 atom stereocenters. The van der Waals surface area contributed by atoms with Gasteiger partial charge in [0.1, 0.15) is 12.7 Å². The fraction of sp³-hybridized carbons (Fsp3) is 0.333. The summed E-state index contributed by atoms with van der Waals surface area (Å²) in [4.78, 5) is 29.0. The summed E-state index contributed by atoms with van der Waals surface area (Å²) in [5.74, 6) is -0.123. The number of halogens is 1. The predicted octanol–water partition coefficient (Wildman–Crippen LogP) is 1.91. The van der Waals surface area contributed by atoms with Crippen LogP contribution in [0.2, 0.25) is 5.02 Å². The number of carbonyl (C=O) groups is 2. The maximum atomic E-state index is 12.3. The second-order valence-electron chi connectivity index (χ2n) is 5.27. The molecule has 0 saturated carbocycles. The minimum atomic E-state index is -0.323. The van der Waals surface area contributed by atoms with Gasteiger partial charge < -0.3 is 15.5 Å². The van der Waals surface area contributed by atoms with E-state index in [9.17, 15) is 9.59 Å². The van der Waals surface area contributed by atoms with Crippen molar-refractivity contribution < 1.29 is 9.59 Å². The number of hydrogen-bond donors (Lipinski definition) is 2. The van der Waals surface area contributed by atoms with E-state index in [0.29, 0.717) is 16.4 Å². The first-order valence-electron chi connectivity index (χ1n) is 7.31. The van der Waals surface area contributed by atoms with Crippen molar-refractivity contribution in [2.24, 2.45) is 0 Å². The van der Waals surface area contributed by atoms with E-state index in [1.165, 1.54) is 22.2 Å². The normalized spacial score (nSPS) is 11.7. The van der Waals surface area contributed by atoms with Crippen molar-refractivity contribution >= 4 is 29.2 Å². The van der Waals surface area contributed by atoms with Crippen molar-refractivity contribution in [1.29, 1.82) is 0 Å². The van der Waals surface area contributed by atoms with Gasteiger partial charge in [0.25, 0.3) is 0 Å². The molecule has 0 radical (unpaired) electrons. The summed E-state index contributed by atoms with van der Waals surface area (Å²) < 4.78 is 1.53. The Balaban J connectivity index is 2.04. The van der Waals surface area contributed by atoms with Crippen molar-refractivity contribution in [3.63, 3.8) is 0 Å². The molecule has 1 aromatic carbocycles. The molecule has 0 spiro atoms. The highest BCUT2D eigenvalue weighted by Crippen LogP contribution is 2.24. The van der Waals surface area contributed by atoms with Gasteiger partial charge in [-0.15, -0.1) is 0 Å². The minimum Gasteiger partial charge on any atom is -0.359 e. The van der Waals surface area contributed by atoms with E-state index in [1.807, 2.05) is 0 Å². The lowest BCUT2D eigenvalue weighted by Gasteiger charge is -2.24. The van der Waals surface area contributed by atoms with E-state index in [4.69, 9.17) is 11.6 Å². The molecule has 2 N–H and O–H groups in total. The number of carbonyl (C=O) groups excluding carboxylic acids is 2. The van der Waals surface area contributed by atoms with Crippen LogP contribution in [0.4, 0.5) is 10.5 Å². The van der Waals surface area contributed by atoms with Crippen LogP contribution in [-0.2, 0) is 4.79 Å². The van der Waals surface area contributed by atoms with Crippen molar-refractivity contribution in [1.82, 2.24) is 25.0 Å². The second-order valence-corrected chi connectivity index (χ2v) is 5.68. The fourth-order valence-corrected chi connectivity index (χ4v) is 2.29. The Morgan fingerprint density at radius 3 is 2.75 bits per heavy atom. The molecule has 9 heteroatoms. The third-order valence-electron chi connectivity index (χ3n) is 3.61. The van der Waals surface area contributed by atoms with Crippen LogP contribution >= 0.6 is 11.6 Å². The molecule has 1 unspecified atom stereocenters. The van der Waals surface area contributed by atoms with Gasteiger partial charge in [0.05, 0.1) is 10.7 Å². The Labute approximate surface area is 144 Å². The van der Waals surface area contributed by atoms with E-state index in [1.54, 1.807) is 39.2 Å². The zero-order chi connectivity index (χ0) is 17.7. The number of benzene rings is 1. The predicted molar refractivity (Wildman–Crippen MR) is 91.3 cm³/mol. The minimum absolute atomic E-state index is 0.123. The fourth-order valence-electron chi connectivity index (χ4n) is 2.02. The summed E-state index contributed by atoms with van der Waals surface area (Å²) in [6, 6.07) is 4.53. The average molecular weight is 351 g/mol. The van der Waals surface area contributed by atoms with Crippen molar-refractivity contribution in [3.05, 3.63) is 35.9 Å². The molecule has 0 aliphatic carbocycles. The van der Waals surface area contributed by atoms with Crippen LogP contribution < -0.4 is 10.6 Å². The highest BCUT2D eigenvalue weighted by Gasteiger charge is 2.18.